The zero-order valence-electron chi connectivity index (χ0n) is 22.2. The standard InChI is InChI=1S/C28H30N8O4/c1-28(2)21-14-18(8-9-19(21)24(38)34-28)30-26-29-15-20(25-33-27(35-40-25)36-10-12-39-13-11-36)23(32-26)31-22(16-37)17-6-4-3-5-7-17/h3-9,14-15,22,37H,10-13,16H2,1-2H3,(H,34,38)(H2,29,30,31,32)/t22-/m1/s1. The Balaban J connectivity index is 1.34. The summed E-state index contributed by atoms with van der Waals surface area (Å²) in [6.07, 6.45) is 1.61. The summed E-state index contributed by atoms with van der Waals surface area (Å²) in [6.45, 7) is 6.29. The molecule has 4 heterocycles. The van der Waals surface area contributed by atoms with Crippen molar-refractivity contribution < 1.29 is 19.2 Å². The highest BCUT2D eigenvalue weighted by atomic mass is 16.5. The van der Waals surface area contributed by atoms with Gasteiger partial charge >= 0.3 is 0 Å². The number of ether oxygens (including phenoxy) is 1. The van der Waals surface area contributed by atoms with E-state index in [2.05, 4.69) is 31.1 Å². The SMILES string of the molecule is CC1(C)NC(=O)c2ccc(Nc3ncc(-c4nc(N5CCOCC5)no4)c(N[C@H](CO)c4ccccc4)n3)cc21. The highest BCUT2D eigenvalue weighted by Crippen LogP contribution is 2.34. The topological polar surface area (TPSA) is 151 Å². The average molecular weight is 543 g/mol. The number of hydrogen-bond donors (Lipinski definition) is 4. The van der Waals surface area contributed by atoms with Crippen molar-refractivity contribution in [1.82, 2.24) is 25.4 Å². The maximum absolute atomic E-state index is 12.3. The average Bonchev–Trinajstić information content (AvgIpc) is 3.55. The molecule has 0 aliphatic carbocycles. The van der Waals surface area contributed by atoms with Crippen molar-refractivity contribution in [2.45, 2.75) is 25.4 Å². The number of carbonyl (C=O) groups is 1. The van der Waals surface area contributed by atoms with Gasteiger partial charge in [0, 0.05) is 30.5 Å². The Bertz CT molecular complexity index is 1520. The van der Waals surface area contributed by atoms with Gasteiger partial charge in [-0.15, -0.1) is 0 Å². The van der Waals surface area contributed by atoms with Crippen LogP contribution in [-0.4, -0.2) is 64.0 Å². The molecule has 12 nitrogen and oxygen atoms in total. The van der Waals surface area contributed by atoms with Crippen LogP contribution in [0.4, 0.5) is 23.4 Å². The minimum atomic E-state index is -0.484. The number of morpholine rings is 1. The first kappa shape index (κ1) is 25.7. The number of fused-ring (bicyclic) bond motifs is 1. The van der Waals surface area contributed by atoms with Crippen LogP contribution < -0.4 is 20.9 Å². The summed E-state index contributed by atoms with van der Waals surface area (Å²) in [6, 6.07) is 14.7. The van der Waals surface area contributed by atoms with Crippen LogP contribution >= 0.6 is 0 Å². The van der Waals surface area contributed by atoms with Gasteiger partial charge in [-0.05, 0) is 48.3 Å². The number of aromatic nitrogens is 4. The van der Waals surface area contributed by atoms with Crippen LogP contribution in [0.2, 0.25) is 0 Å². The van der Waals surface area contributed by atoms with E-state index in [-0.39, 0.29) is 18.4 Å². The Morgan fingerprint density at radius 1 is 1.10 bits per heavy atom. The zero-order chi connectivity index (χ0) is 27.7. The van der Waals surface area contributed by atoms with Gasteiger partial charge in [-0.2, -0.15) is 9.97 Å². The van der Waals surface area contributed by atoms with Crippen LogP contribution in [0.15, 0.2) is 59.3 Å². The Kier molecular flexibility index (Phi) is 6.78. The molecule has 2 aliphatic rings. The second-order valence-corrected chi connectivity index (χ2v) is 10.2. The largest absolute Gasteiger partial charge is 0.394 e. The first-order chi connectivity index (χ1) is 19.4. The number of hydrogen-bond acceptors (Lipinski definition) is 11. The number of anilines is 4. The van der Waals surface area contributed by atoms with Gasteiger partial charge in [-0.25, -0.2) is 4.98 Å². The molecule has 1 saturated heterocycles. The fourth-order valence-electron chi connectivity index (χ4n) is 4.89. The number of carbonyl (C=O) groups excluding carboxylic acids is 1. The Morgan fingerprint density at radius 2 is 1.90 bits per heavy atom. The third-order valence-electron chi connectivity index (χ3n) is 7.04. The molecule has 2 aromatic heterocycles. The summed E-state index contributed by atoms with van der Waals surface area (Å²) in [5.74, 6) is 1.36. The lowest BCUT2D eigenvalue weighted by molar-refractivity contribution is 0.0940. The molecular formula is C28H30N8O4. The number of aliphatic hydroxyl groups is 1. The second-order valence-electron chi connectivity index (χ2n) is 10.2. The van der Waals surface area contributed by atoms with E-state index in [0.29, 0.717) is 55.1 Å². The van der Waals surface area contributed by atoms with E-state index in [0.717, 1.165) is 16.8 Å². The van der Waals surface area contributed by atoms with Crippen molar-refractivity contribution in [1.29, 1.82) is 0 Å². The minimum absolute atomic E-state index is 0.0920. The van der Waals surface area contributed by atoms with Gasteiger partial charge < -0.3 is 35.2 Å². The lowest BCUT2D eigenvalue weighted by Crippen LogP contribution is -2.36. The molecule has 206 valence electrons. The van der Waals surface area contributed by atoms with Crippen molar-refractivity contribution in [2.75, 3.05) is 48.4 Å². The first-order valence-corrected chi connectivity index (χ1v) is 13.1. The lowest BCUT2D eigenvalue weighted by Gasteiger charge is -2.24. The van der Waals surface area contributed by atoms with E-state index >= 15 is 0 Å². The molecule has 0 saturated carbocycles. The molecule has 6 rings (SSSR count). The summed E-state index contributed by atoms with van der Waals surface area (Å²) in [7, 11) is 0. The van der Waals surface area contributed by atoms with Gasteiger partial charge in [0.2, 0.25) is 5.95 Å². The number of amides is 1. The molecule has 12 heteroatoms. The van der Waals surface area contributed by atoms with Crippen molar-refractivity contribution in [2.24, 2.45) is 0 Å². The van der Waals surface area contributed by atoms with E-state index < -0.39 is 11.6 Å². The smallest absolute Gasteiger partial charge is 0.266 e. The molecule has 2 aromatic carbocycles. The van der Waals surface area contributed by atoms with Gasteiger partial charge in [0.05, 0.1) is 31.4 Å². The summed E-state index contributed by atoms with van der Waals surface area (Å²) in [5.41, 5.74) is 3.18. The molecule has 2 aliphatic heterocycles. The van der Waals surface area contributed by atoms with E-state index in [1.807, 2.05) is 61.2 Å². The van der Waals surface area contributed by atoms with E-state index in [1.165, 1.54) is 0 Å². The minimum Gasteiger partial charge on any atom is -0.394 e. The van der Waals surface area contributed by atoms with Crippen LogP contribution in [0.1, 0.15) is 41.4 Å². The number of nitrogens with zero attached hydrogens (tertiary/aromatic N) is 5. The third kappa shape index (κ3) is 5.06. The van der Waals surface area contributed by atoms with Gasteiger partial charge in [-0.3, -0.25) is 4.79 Å². The number of rotatable bonds is 8. The van der Waals surface area contributed by atoms with Crippen molar-refractivity contribution >= 4 is 29.3 Å². The molecule has 0 radical (unpaired) electrons. The Hall–Kier alpha value is -4.55. The number of aliphatic hydroxyl groups excluding tert-OH is 1. The summed E-state index contributed by atoms with van der Waals surface area (Å²) in [4.78, 5) is 28.1. The molecular weight excluding hydrogens is 512 g/mol. The first-order valence-electron chi connectivity index (χ1n) is 13.1. The Labute approximate surface area is 230 Å². The molecule has 0 spiro atoms. The van der Waals surface area contributed by atoms with Crippen LogP contribution in [0.3, 0.4) is 0 Å². The molecule has 1 fully saturated rings. The highest BCUT2D eigenvalue weighted by Gasteiger charge is 2.35. The number of benzene rings is 2. The molecule has 0 bridgehead atoms. The highest BCUT2D eigenvalue weighted by molar-refractivity contribution is 6.00. The summed E-state index contributed by atoms with van der Waals surface area (Å²) >= 11 is 0. The number of nitrogens with one attached hydrogen (secondary N) is 3. The normalized spacial score (nSPS) is 16.8. The van der Waals surface area contributed by atoms with Crippen LogP contribution in [-0.2, 0) is 10.3 Å². The van der Waals surface area contributed by atoms with Crippen LogP contribution in [0, 0.1) is 0 Å². The third-order valence-corrected chi connectivity index (χ3v) is 7.04. The summed E-state index contributed by atoms with van der Waals surface area (Å²) in [5, 5.41) is 23.9. The zero-order valence-corrected chi connectivity index (χ0v) is 22.2. The predicted octanol–water partition coefficient (Wildman–Crippen LogP) is 3.23. The molecule has 1 atom stereocenters. The van der Waals surface area contributed by atoms with Gasteiger partial charge in [-0.1, -0.05) is 30.3 Å². The van der Waals surface area contributed by atoms with Crippen molar-refractivity contribution in [3.8, 4) is 11.5 Å². The molecule has 1 amide bonds. The molecule has 40 heavy (non-hydrogen) atoms. The maximum Gasteiger partial charge on any atom is 0.266 e. The Morgan fingerprint density at radius 3 is 2.67 bits per heavy atom. The van der Waals surface area contributed by atoms with E-state index in [9.17, 15) is 9.90 Å². The monoisotopic (exact) mass is 542 g/mol. The maximum atomic E-state index is 12.3. The van der Waals surface area contributed by atoms with E-state index in [1.54, 1.807) is 12.3 Å². The van der Waals surface area contributed by atoms with Crippen LogP contribution in [0.25, 0.3) is 11.5 Å². The van der Waals surface area contributed by atoms with E-state index in [4.69, 9.17) is 14.2 Å². The van der Waals surface area contributed by atoms with Gasteiger partial charge in [0.1, 0.15) is 11.4 Å². The van der Waals surface area contributed by atoms with Crippen molar-refractivity contribution in [3.63, 3.8) is 0 Å². The summed E-state index contributed by atoms with van der Waals surface area (Å²) < 4.78 is 11.0. The van der Waals surface area contributed by atoms with Crippen LogP contribution in [0.5, 0.6) is 0 Å². The van der Waals surface area contributed by atoms with Gasteiger partial charge in [0.15, 0.2) is 0 Å². The quantitative estimate of drug-likeness (QED) is 0.260. The second kappa shape index (κ2) is 10.5. The predicted molar refractivity (Wildman–Crippen MR) is 148 cm³/mol. The fraction of sp³-hybridized carbons (Fsp3) is 0.321. The molecule has 0 unspecified atom stereocenters. The van der Waals surface area contributed by atoms with Crippen molar-refractivity contribution in [3.05, 3.63) is 71.4 Å². The fourth-order valence-corrected chi connectivity index (χ4v) is 4.89. The molecule has 4 aromatic rings. The lowest BCUT2D eigenvalue weighted by atomic mass is 9.94. The molecule has 4 N–H and O–H groups in total. The van der Waals surface area contributed by atoms with Gasteiger partial charge in [0.25, 0.3) is 17.7 Å².